The molecule has 2 rings (SSSR count). The predicted octanol–water partition coefficient (Wildman–Crippen LogP) is 2.49. The lowest BCUT2D eigenvalue weighted by atomic mass is 10.1. The van der Waals surface area contributed by atoms with Crippen molar-refractivity contribution in [1.82, 2.24) is 5.48 Å². The van der Waals surface area contributed by atoms with E-state index in [9.17, 15) is 18.0 Å². The first kappa shape index (κ1) is 12.9. The minimum atomic E-state index is -4.32. The van der Waals surface area contributed by atoms with Crippen molar-refractivity contribution < 1.29 is 22.8 Å². The van der Waals surface area contributed by atoms with Crippen LogP contribution >= 0.6 is 0 Å². The highest BCUT2D eigenvalue weighted by molar-refractivity contribution is 5.81. The molecule has 1 N–H and O–H groups in total. The van der Waals surface area contributed by atoms with Gasteiger partial charge in [0, 0.05) is 5.92 Å². The van der Waals surface area contributed by atoms with Crippen molar-refractivity contribution in [3.8, 4) is 0 Å². The number of hydroxylamine groups is 1. The van der Waals surface area contributed by atoms with Gasteiger partial charge in [-0.25, -0.2) is 5.48 Å². The van der Waals surface area contributed by atoms with Crippen molar-refractivity contribution in [2.24, 2.45) is 5.92 Å². The van der Waals surface area contributed by atoms with Crippen molar-refractivity contribution in [2.75, 3.05) is 7.11 Å². The average Bonchev–Trinajstić information content (AvgIpc) is 3.08. The molecule has 0 heterocycles. The Kier molecular flexibility index (Phi) is 3.30. The number of halogens is 3. The summed E-state index contributed by atoms with van der Waals surface area (Å²) in [6, 6.07) is 4.93. The van der Waals surface area contributed by atoms with Crippen molar-refractivity contribution in [1.29, 1.82) is 0 Å². The summed E-state index contributed by atoms with van der Waals surface area (Å²) >= 11 is 0. The molecule has 1 aliphatic rings. The molecule has 0 bridgehead atoms. The minimum absolute atomic E-state index is 0.0116. The second kappa shape index (κ2) is 4.61. The first-order valence-corrected chi connectivity index (χ1v) is 5.43. The Labute approximate surface area is 102 Å². The van der Waals surface area contributed by atoms with Gasteiger partial charge in [0.15, 0.2) is 0 Å². The summed E-state index contributed by atoms with van der Waals surface area (Å²) < 4.78 is 37.1. The van der Waals surface area contributed by atoms with E-state index in [1.54, 1.807) is 0 Å². The molecule has 1 aliphatic carbocycles. The summed E-state index contributed by atoms with van der Waals surface area (Å²) in [5, 5.41) is 0. The highest BCUT2D eigenvalue weighted by Crippen LogP contribution is 2.47. The number of alkyl halides is 3. The fourth-order valence-electron chi connectivity index (χ4n) is 1.95. The van der Waals surface area contributed by atoms with Crippen molar-refractivity contribution in [2.45, 2.75) is 18.5 Å². The maximum atomic E-state index is 12.4. The smallest absolute Gasteiger partial charge is 0.277 e. The van der Waals surface area contributed by atoms with Crippen molar-refractivity contribution in [3.05, 3.63) is 35.4 Å². The van der Waals surface area contributed by atoms with Gasteiger partial charge >= 0.3 is 6.18 Å². The Morgan fingerprint density at radius 2 is 1.94 bits per heavy atom. The predicted molar refractivity (Wildman–Crippen MR) is 57.4 cm³/mol. The van der Waals surface area contributed by atoms with E-state index in [0.29, 0.717) is 6.42 Å². The van der Waals surface area contributed by atoms with E-state index >= 15 is 0 Å². The molecule has 1 amide bonds. The van der Waals surface area contributed by atoms with E-state index in [1.165, 1.54) is 19.2 Å². The summed E-state index contributed by atoms with van der Waals surface area (Å²) in [6.07, 6.45) is -3.69. The van der Waals surface area contributed by atoms with Crippen LogP contribution in [-0.4, -0.2) is 13.0 Å². The van der Waals surface area contributed by atoms with Crippen LogP contribution < -0.4 is 5.48 Å². The van der Waals surface area contributed by atoms with Crippen molar-refractivity contribution >= 4 is 5.91 Å². The first-order chi connectivity index (χ1) is 8.43. The van der Waals surface area contributed by atoms with E-state index in [0.717, 1.165) is 17.7 Å². The van der Waals surface area contributed by atoms with Gasteiger partial charge in [-0.15, -0.1) is 0 Å². The van der Waals surface area contributed by atoms with E-state index in [-0.39, 0.29) is 17.7 Å². The molecule has 3 nitrogen and oxygen atoms in total. The zero-order valence-corrected chi connectivity index (χ0v) is 9.62. The molecular weight excluding hydrogens is 247 g/mol. The minimum Gasteiger partial charge on any atom is -0.277 e. The zero-order valence-electron chi connectivity index (χ0n) is 9.62. The molecule has 6 heteroatoms. The molecule has 0 aliphatic heterocycles. The van der Waals surface area contributed by atoms with E-state index < -0.39 is 11.7 Å². The summed E-state index contributed by atoms with van der Waals surface area (Å²) in [4.78, 5) is 15.9. The maximum Gasteiger partial charge on any atom is 0.416 e. The Bertz CT molecular complexity index is 442. The van der Waals surface area contributed by atoms with Crippen LogP contribution in [0.25, 0.3) is 0 Å². The van der Waals surface area contributed by atoms with Crippen LogP contribution in [0.1, 0.15) is 23.5 Å². The lowest BCUT2D eigenvalue weighted by molar-refractivity contribution is -0.137. The van der Waals surface area contributed by atoms with Crippen LogP contribution in [0.15, 0.2) is 24.3 Å². The third-order valence-electron chi connectivity index (χ3n) is 3.00. The lowest BCUT2D eigenvalue weighted by Gasteiger charge is -2.07. The number of carbonyl (C=O) groups excluding carboxylic acids is 1. The number of hydrogen-bond donors (Lipinski definition) is 1. The molecule has 18 heavy (non-hydrogen) atoms. The fraction of sp³-hybridized carbons (Fsp3) is 0.417. The Hall–Kier alpha value is -1.56. The summed E-state index contributed by atoms with van der Waals surface area (Å²) in [5.74, 6) is -0.452. The molecular formula is C12H12F3NO2. The van der Waals surface area contributed by atoms with Crippen LogP contribution in [-0.2, 0) is 15.8 Å². The molecule has 2 atom stereocenters. The number of benzene rings is 1. The van der Waals surface area contributed by atoms with Gasteiger partial charge in [0.05, 0.1) is 12.7 Å². The molecule has 1 aromatic rings. The van der Waals surface area contributed by atoms with Gasteiger partial charge in [0.1, 0.15) is 0 Å². The normalized spacial score (nSPS) is 22.7. The summed E-state index contributed by atoms with van der Waals surface area (Å²) in [7, 11) is 1.34. The van der Waals surface area contributed by atoms with Gasteiger partial charge in [0.25, 0.3) is 0 Å². The van der Waals surface area contributed by atoms with Crippen LogP contribution in [0, 0.1) is 5.92 Å². The molecule has 1 fully saturated rings. The maximum absolute atomic E-state index is 12.4. The van der Waals surface area contributed by atoms with Gasteiger partial charge in [0.2, 0.25) is 5.91 Å². The number of amides is 1. The quantitative estimate of drug-likeness (QED) is 0.847. The SMILES string of the molecule is CONC(=O)C1CC1c1ccc(C(F)(F)F)cc1. The number of nitrogens with one attached hydrogen (secondary N) is 1. The summed E-state index contributed by atoms with van der Waals surface area (Å²) in [6.45, 7) is 0. The topological polar surface area (TPSA) is 38.3 Å². The first-order valence-electron chi connectivity index (χ1n) is 5.43. The van der Waals surface area contributed by atoms with Crippen LogP contribution in [0.3, 0.4) is 0 Å². The third-order valence-corrected chi connectivity index (χ3v) is 3.00. The third kappa shape index (κ3) is 2.64. The lowest BCUT2D eigenvalue weighted by Crippen LogP contribution is -2.23. The van der Waals surface area contributed by atoms with Gasteiger partial charge in [-0.3, -0.25) is 9.63 Å². The molecule has 2 unspecified atom stereocenters. The van der Waals surface area contributed by atoms with Crippen molar-refractivity contribution in [3.63, 3.8) is 0 Å². The largest absolute Gasteiger partial charge is 0.416 e. The highest BCUT2D eigenvalue weighted by Gasteiger charge is 2.44. The van der Waals surface area contributed by atoms with Gasteiger partial charge in [-0.2, -0.15) is 13.2 Å². The zero-order chi connectivity index (χ0) is 13.3. The number of rotatable bonds is 3. The Balaban J connectivity index is 2.03. The van der Waals surface area contributed by atoms with Crippen LogP contribution in [0.4, 0.5) is 13.2 Å². The molecule has 0 aromatic heterocycles. The molecule has 0 saturated heterocycles. The van der Waals surface area contributed by atoms with Crippen LogP contribution in [0.2, 0.25) is 0 Å². The average molecular weight is 259 g/mol. The second-order valence-electron chi connectivity index (χ2n) is 4.24. The van der Waals surface area contributed by atoms with E-state index in [4.69, 9.17) is 0 Å². The molecule has 0 radical (unpaired) electrons. The van der Waals surface area contributed by atoms with E-state index in [1.807, 2.05) is 0 Å². The fourth-order valence-corrected chi connectivity index (χ4v) is 1.95. The highest BCUT2D eigenvalue weighted by atomic mass is 19.4. The molecule has 0 spiro atoms. The standard InChI is InChI=1S/C12H12F3NO2/c1-18-16-11(17)10-6-9(10)7-2-4-8(5-3-7)12(13,14)15/h2-5,9-10H,6H2,1H3,(H,16,17). The van der Waals surface area contributed by atoms with Gasteiger partial charge in [-0.1, -0.05) is 12.1 Å². The van der Waals surface area contributed by atoms with Gasteiger partial charge in [-0.05, 0) is 30.0 Å². The second-order valence-corrected chi connectivity index (χ2v) is 4.24. The molecule has 1 aromatic carbocycles. The summed E-state index contributed by atoms with van der Waals surface area (Å²) in [5.41, 5.74) is 2.30. The van der Waals surface area contributed by atoms with Crippen LogP contribution in [0.5, 0.6) is 0 Å². The number of hydrogen-bond acceptors (Lipinski definition) is 2. The monoisotopic (exact) mass is 259 g/mol. The Morgan fingerprint density at radius 3 is 2.44 bits per heavy atom. The van der Waals surface area contributed by atoms with E-state index in [2.05, 4.69) is 10.3 Å². The Morgan fingerprint density at radius 1 is 1.33 bits per heavy atom. The molecule has 1 saturated carbocycles. The molecule has 98 valence electrons. The van der Waals surface area contributed by atoms with Gasteiger partial charge < -0.3 is 0 Å². The number of carbonyl (C=O) groups is 1.